The number of anilines is 1. The van der Waals surface area contributed by atoms with E-state index in [4.69, 9.17) is 4.42 Å². The Kier molecular flexibility index (Phi) is 8.26. The molecule has 190 valence electrons. The number of nitrogens with zero attached hydrogens (tertiary/aromatic N) is 4. The van der Waals surface area contributed by atoms with E-state index in [-0.39, 0.29) is 23.3 Å². The summed E-state index contributed by atoms with van der Waals surface area (Å²) in [5.74, 6) is 1.15. The van der Waals surface area contributed by atoms with Crippen molar-refractivity contribution < 1.29 is 14.0 Å². The van der Waals surface area contributed by atoms with Crippen molar-refractivity contribution in [2.75, 3.05) is 38.6 Å². The Morgan fingerprint density at radius 1 is 1.11 bits per heavy atom. The topological polar surface area (TPSA) is 69.9 Å². The summed E-state index contributed by atoms with van der Waals surface area (Å²) < 4.78 is 5.44. The van der Waals surface area contributed by atoms with E-state index in [1.165, 1.54) is 19.3 Å². The zero-order valence-electron chi connectivity index (χ0n) is 21.5. The minimum absolute atomic E-state index is 0.0815. The van der Waals surface area contributed by atoms with E-state index in [9.17, 15) is 9.59 Å². The monoisotopic (exact) mass is 480 g/mol. The fourth-order valence-corrected chi connectivity index (χ4v) is 5.67. The molecule has 2 fully saturated rings. The summed E-state index contributed by atoms with van der Waals surface area (Å²) in [4.78, 5) is 36.6. The maximum atomic E-state index is 13.3. The van der Waals surface area contributed by atoms with Crippen molar-refractivity contribution in [3.05, 3.63) is 48.0 Å². The van der Waals surface area contributed by atoms with Gasteiger partial charge in [0.15, 0.2) is 5.76 Å². The van der Waals surface area contributed by atoms with Crippen LogP contribution in [-0.2, 0) is 4.79 Å². The Hall–Kier alpha value is -2.67. The standard InChI is InChI=1S/C28H40N4O3/c1-22-9-10-25(29-21-22)32(27(34)24-8-7-19-35-24)23-11-16-31(17-12-23)18-15-28(13-5-4-6-14-28)20-26(33)30(2)3/h7-10,19,21,23H,4-6,11-18,20H2,1-3H3. The molecule has 0 aromatic carbocycles. The van der Waals surface area contributed by atoms with Gasteiger partial charge in [0, 0.05) is 45.8 Å². The van der Waals surface area contributed by atoms with Crippen molar-refractivity contribution in [2.24, 2.45) is 5.41 Å². The van der Waals surface area contributed by atoms with Gasteiger partial charge >= 0.3 is 0 Å². The minimum Gasteiger partial charge on any atom is -0.459 e. The van der Waals surface area contributed by atoms with E-state index in [2.05, 4.69) is 9.88 Å². The lowest BCUT2D eigenvalue weighted by atomic mass is 9.69. The molecule has 1 aliphatic heterocycles. The smallest absolute Gasteiger partial charge is 0.295 e. The number of furan rings is 1. The average Bonchev–Trinajstić information content (AvgIpc) is 3.41. The van der Waals surface area contributed by atoms with Crippen molar-refractivity contribution >= 4 is 17.6 Å². The first-order valence-corrected chi connectivity index (χ1v) is 13.1. The Bertz CT molecular complexity index is 957. The molecule has 0 N–H and O–H groups in total. The molecule has 2 aliphatic rings. The van der Waals surface area contributed by atoms with Gasteiger partial charge in [-0.05, 0) is 74.8 Å². The second-order valence-electron chi connectivity index (χ2n) is 10.7. The molecule has 1 saturated heterocycles. The number of hydrogen-bond donors (Lipinski definition) is 0. The number of carbonyl (C=O) groups is 2. The number of hydrogen-bond acceptors (Lipinski definition) is 5. The highest BCUT2D eigenvalue weighted by atomic mass is 16.3. The molecule has 1 aliphatic carbocycles. The molecule has 4 rings (SSSR count). The molecule has 0 unspecified atom stereocenters. The van der Waals surface area contributed by atoms with Crippen molar-refractivity contribution in [1.29, 1.82) is 0 Å². The van der Waals surface area contributed by atoms with Gasteiger partial charge in [-0.3, -0.25) is 14.5 Å². The number of pyridine rings is 1. The van der Waals surface area contributed by atoms with Crippen LogP contribution in [0.5, 0.6) is 0 Å². The molecule has 0 radical (unpaired) electrons. The maximum Gasteiger partial charge on any atom is 0.295 e. The van der Waals surface area contributed by atoms with Gasteiger partial charge in [0.05, 0.1) is 6.26 Å². The van der Waals surface area contributed by atoms with E-state index >= 15 is 0 Å². The number of carbonyl (C=O) groups excluding carboxylic acids is 2. The van der Waals surface area contributed by atoms with Gasteiger partial charge < -0.3 is 14.2 Å². The van der Waals surface area contributed by atoms with Crippen molar-refractivity contribution in [3.8, 4) is 0 Å². The Morgan fingerprint density at radius 3 is 2.46 bits per heavy atom. The first-order valence-electron chi connectivity index (χ1n) is 13.1. The summed E-state index contributed by atoms with van der Waals surface area (Å²) in [6.45, 7) is 4.90. The molecule has 2 aromatic rings. The third-order valence-electron chi connectivity index (χ3n) is 7.91. The Balaban J connectivity index is 1.39. The number of aromatic nitrogens is 1. The van der Waals surface area contributed by atoms with E-state index in [0.717, 1.165) is 57.3 Å². The molecule has 3 heterocycles. The molecule has 0 spiro atoms. The molecule has 0 bridgehead atoms. The number of likely N-dealkylation sites (tertiary alicyclic amines) is 1. The van der Waals surface area contributed by atoms with Crippen molar-refractivity contribution in [1.82, 2.24) is 14.8 Å². The molecule has 0 atom stereocenters. The number of rotatable bonds is 8. The fraction of sp³-hybridized carbons (Fsp3) is 0.607. The van der Waals surface area contributed by atoms with E-state index in [1.807, 2.05) is 44.2 Å². The minimum atomic E-state index is -0.131. The predicted molar refractivity (Wildman–Crippen MR) is 137 cm³/mol. The van der Waals surface area contributed by atoms with E-state index in [1.54, 1.807) is 23.3 Å². The molecule has 2 amide bonds. The Labute approximate surface area is 209 Å². The van der Waals surface area contributed by atoms with Gasteiger partial charge in [-0.1, -0.05) is 25.3 Å². The van der Waals surface area contributed by atoms with E-state index in [0.29, 0.717) is 18.0 Å². The molecule has 2 aromatic heterocycles. The van der Waals surface area contributed by atoms with Crippen LogP contribution in [0.3, 0.4) is 0 Å². The van der Waals surface area contributed by atoms with Crippen LogP contribution in [0.2, 0.25) is 0 Å². The predicted octanol–water partition coefficient (Wildman–Crippen LogP) is 4.91. The number of amides is 2. The third-order valence-corrected chi connectivity index (χ3v) is 7.91. The van der Waals surface area contributed by atoms with Gasteiger partial charge in [0.1, 0.15) is 5.82 Å². The summed E-state index contributed by atoms with van der Waals surface area (Å²) in [6, 6.07) is 7.48. The SMILES string of the molecule is Cc1ccc(N(C(=O)c2ccco2)C2CCN(CCC3(CC(=O)N(C)C)CCCCC3)CC2)nc1. The van der Waals surface area contributed by atoms with Crippen LogP contribution in [0.15, 0.2) is 41.1 Å². The normalized spacial score (nSPS) is 18.8. The molecule has 7 nitrogen and oxygen atoms in total. The zero-order chi connectivity index (χ0) is 24.8. The number of piperidine rings is 1. The van der Waals surface area contributed by atoms with Crippen LogP contribution < -0.4 is 4.90 Å². The highest BCUT2D eigenvalue weighted by Gasteiger charge is 2.36. The molecular weight excluding hydrogens is 440 g/mol. The van der Waals surface area contributed by atoms with Gasteiger partial charge in [-0.15, -0.1) is 0 Å². The summed E-state index contributed by atoms with van der Waals surface area (Å²) in [5.41, 5.74) is 1.21. The second kappa shape index (κ2) is 11.4. The summed E-state index contributed by atoms with van der Waals surface area (Å²) >= 11 is 0. The summed E-state index contributed by atoms with van der Waals surface area (Å²) in [5, 5.41) is 0. The molecule has 1 saturated carbocycles. The first-order chi connectivity index (χ1) is 16.9. The van der Waals surface area contributed by atoms with Crippen molar-refractivity contribution in [2.45, 2.75) is 70.8 Å². The average molecular weight is 481 g/mol. The zero-order valence-corrected chi connectivity index (χ0v) is 21.5. The van der Waals surface area contributed by atoms with Crippen LogP contribution >= 0.6 is 0 Å². The van der Waals surface area contributed by atoms with Gasteiger partial charge in [0.25, 0.3) is 5.91 Å². The van der Waals surface area contributed by atoms with Crippen LogP contribution in [0.25, 0.3) is 0 Å². The van der Waals surface area contributed by atoms with Crippen LogP contribution in [0.4, 0.5) is 5.82 Å². The fourth-order valence-electron chi connectivity index (χ4n) is 5.67. The van der Waals surface area contributed by atoms with Gasteiger partial charge in [-0.25, -0.2) is 4.98 Å². The van der Waals surface area contributed by atoms with Crippen LogP contribution in [0.1, 0.15) is 73.9 Å². The van der Waals surface area contributed by atoms with Gasteiger partial charge in [0.2, 0.25) is 5.91 Å². The van der Waals surface area contributed by atoms with Gasteiger partial charge in [-0.2, -0.15) is 0 Å². The van der Waals surface area contributed by atoms with E-state index < -0.39 is 0 Å². The second-order valence-corrected chi connectivity index (χ2v) is 10.7. The quantitative estimate of drug-likeness (QED) is 0.537. The largest absolute Gasteiger partial charge is 0.459 e. The maximum absolute atomic E-state index is 13.3. The molecule has 7 heteroatoms. The summed E-state index contributed by atoms with van der Waals surface area (Å²) in [7, 11) is 3.73. The summed E-state index contributed by atoms with van der Waals surface area (Å²) in [6.07, 6.45) is 13.0. The lowest BCUT2D eigenvalue weighted by Gasteiger charge is -2.41. The lowest BCUT2D eigenvalue weighted by molar-refractivity contribution is -0.132. The Morgan fingerprint density at radius 2 is 1.86 bits per heavy atom. The lowest BCUT2D eigenvalue weighted by Crippen LogP contribution is -2.48. The highest BCUT2D eigenvalue weighted by Crippen LogP contribution is 2.43. The third kappa shape index (κ3) is 6.31. The highest BCUT2D eigenvalue weighted by molar-refractivity contribution is 6.04. The number of aryl methyl sites for hydroxylation is 1. The molecular formula is C28H40N4O3. The first kappa shape index (κ1) is 25.4. The van der Waals surface area contributed by atoms with Crippen LogP contribution in [-0.4, -0.2) is 66.4 Å². The van der Waals surface area contributed by atoms with Crippen molar-refractivity contribution in [3.63, 3.8) is 0 Å². The van der Waals surface area contributed by atoms with Crippen LogP contribution in [0, 0.1) is 12.3 Å². The molecule has 35 heavy (non-hydrogen) atoms.